The first kappa shape index (κ1) is 23.2. The number of hydrogen-bond donors (Lipinski definition) is 1. The number of halogens is 3. The molecule has 0 aliphatic carbocycles. The second-order valence-electron chi connectivity index (χ2n) is 7.40. The number of Topliss-reactive ketones (excluding diaryl/α,β-unsaturated/α-hetero) is 1. The number of aromatic nitrogens is 1. The number of ketones is 1. The van der Waals surface area contributed by atoms with Crippen LogP contribution in [0.5, 0.6) is 0 Å². The molecule has 1 aromatic heterocycles. The molecule has 1 aliphatic rings. The van der Waals surface area contributed by atoms with Gasteiger partial charge in [-0.3, -0.25) is 14.5 Å². The number of nitrogens with one attached hydrogen (secondary N) is 1. The van der Waals surface area contributed by atoms with Gasteiger partial charge in [0.1, 0.15) is 5.82 Å². The minimum Gasteiger partial charge on any atom is -0.341 e. The molecule has 1 aliphatic heterocycles. The Morgan fingerprint density at radius 1 is 1.00 bits per heavy atom. The lowest BCUT2D eigenvalue weighted by molar-refractivity contribution is -0.173. The molecule has 3 rings (SSSR count). The molecule has 7 nitrogen and oxygen atoms in total. The molecule has 0 radical (unpaired) electrons. The normalized spacial score (nSPS) is 14.0. The van der Waals surface area contributed by atoms with E-state index in [2.05, 4.69) is 4.98 Å². The number of benzene rings is 1. The van der Waals surface area contributed by atoms with Gasteiger partial charge < -0.3 is 10.2 Å². The SMILES string of the molecule is O=C(CNC(=O)C(F)(F)F)c1ccc(CN(C(=O)N2CCCCC2)c2ccccn2)cc1. The van der Waals surface area contributed by atoms with E-state index in [-0.39, 0.29) is 18.1 Å². The molecule has 0 unspecified atom stereocenters. The highest BCUT2D eigenvalue weighted by Gasteiger charge is 2.38. The molecule has 32 heavy (non-hydrogen) atoms. The van der Waals surface area contributed by atoms with Crippen LogP contribution in [0.2, 0.25) is 0 Å². The van der Waals surface area contributed by atoms with Crippen LogP contribution in [-0.2, 0) is 11.3 Å². The van der Waals surface area contributed by atoms with Crippen LogP contribution in [0.4, 0.5) is 23.8 Å². The smallest absolute Gasteiger partial charge is 0.341 e. The Bertz CT molecular complexity index is 943. The van der Waals surface area contributed by atoms with E-state index < -0.39 is 24.4 Å². The van der Waals surface area contributed by atoms with Gasteiger partial charge in [0.25, 0.3) is 0 Å². The first-order chi connectivity index (χ1) is 15.3. The van der Waals surface area contributed by atoms with E-state index in [1.54, 1.807) is 51.6 Å². The van der Waals surface area contributed by atoms with Gasteiger partial charge in [0.2, 0.25) is 0 Å². The summed E-state index contributed by atoms with van der Waals surface area (Å²) < 4.78 is 36.8. The van der Waals surface area contributed by atoms with Gasteiger partial charge in [0.15, 0.2) is 5.78 Å². The highest BCUT2D eigenvalue weighted by molar-refractivity contribution is 5.99. The Hall–Kier alpha value is -3.43. The van der Waals surface area contributed by atoms with Gasteiger partial charge in [-0.15, -0.1) is 0 Å². The number of carbonyl (C=O) groups excluding carboxylic acids is 3. The summed E-state index contributed by atoms with van der Waals surface area (Å²) in [6.45, 7) is 0.815. The van der Waals surface area contributed by atoms with E-state index >= 15 is 0 Å². The largest absolute Gasteiger partial charge is 0.471 e. The zero-order valence-electron chi connectivity index (χ0n) is 17.3. The van der Waals surface area contributed by atoms with Crippen LogP contribution in [0.25, 0.3) is 0 Å². The summed E-state index contributed by atoms with van der Waals surface area (Å²) >= 11 is 0. The summed E-state index contributed by atoms with van der Waals surface area (Å²) in [5, 5.41) is 1.56. The molecule has 0 bridgehead atoms. The molecule has 0 atom stereocenters. The number of likely N-dealkylation sites (tertiary alicyclic amines) is 1. The molecule has 1 saturated heterocycles. The number of hydrogen-bond acceptors (Lipinski definition) is 4. The van der Waals surface area contributed by atoms with Gasteiger partial charge in [-0.2, -0.15) is 13.2 Å². The first-order valence-corrected chi connectivity index (χ1v) is 10.2. The Kier molecular flexibility index (Phi) is 7.45. The number of pyridine rings is 1. The third kappa shape index (κ3) is 6.05. The van der Waals surface area contributed by atoms with Gasteiger partial charge in [-0.25, -0.2) is 9.78 Å². The van der Waals surface area contributed by atoms with E-state index in [0.717, 1.165) is 24.8 Å². The number of piperidine rings is 1. The summed E-state index contributed by atoms with van der Waals surface area (Å²) in [5.74, 6) is -2.32. The van der Waals surface area contributed by atoms with E-state index in [1.165, 1.54) is 12.1 Å². The van der Waals surface area contributed by atoms with Crippen LogP contribution in [0, 0.1) is 0 Å². The van der Waals surface area contributed by atoms with Crippen molar-refractivity contribution < 1.29 is 27.6 Å². The summed E-state index contributed by atoms with van der Waals surface area (Å²) in [6, 6.07) is 11.3. The lowest BCUT2D eigenvalue weighted by Gasteiger charge is -2.32. The van der Waals surface area contributed by atoms with E-state index in [1.807, 2.05) is 0 Å². The Morgan fingerprint density at radius 3 is 2.28 bits per heavy atom. The summed E-state index contributed by atoms with van der Waals surface area (Å²) in [4.78, 5) is 43.7. The summed E-state index contributed by atoms with van der Waals surface area (Å²) in [6.07, 6.45) is -0.456. The van der Waals surface area contributed by atoms with Crippen molar-refractivity contribution >= 4 is 23.5 Å². The van der Waals surface area contributed by atoms with E-state index in [4.69, 9.17) is 0 Å². The number of anilines is 1. The van der Waals surface area contributed by atoms with Crippen molar-refractivity contribution in [2.24, 2.45) is 0 Å². The van der Waals surface area contributed by atoms with E-state index in [0.29, 0.717) is 18.9 Å². The minimum atomic E-state index is -5.04. The lowest BCUT2D eigenvalue weighted by atomic mass is 10.1. The quantitative estimate of drug-likeness (QED) is 0.686. The second-order valence-corrected chi connectivity index (χ2v) is 7.40. The fraction of sp³-hybridized carbons (Fsp3) is 0.364. The van der Waals surface area contributed by atoms with Crippen molar-refractivity contribution in [1.29, 1.82) is 0 Å². The van der Waals surface area contributed by atoms with Gasteiger partial charge in [0, 0.05) is 24.8 Å². The van der Waals surface area contributed by atoms with Gasteiger partial charge in [-0.1, -0.05) is 30.3 Å². The van der Waals surface area contributed by atoms with Gasteiger partial charge in [0.05, 0.1) is 13.1 Å². The lowest BCUT2D eigenvalue weighted by Crippen LogP contribution is -2.45. The second kappa shape index (κ2) is 10.3. The van der Waals surface area contributed by atoms with Crippen LogP contribution in [0.1, 0.15) is 35.2 Å². The number of nitrogens with zero attached hydrogens (tertiary/aromatic N) is 3. The van der Waals surface area contributed by atoms with Gasteiger partial charge >= 0.3 is 18.1 Å². The predicted octanol–water partition coefficient (Wildman–Crippen LogP) is 3.56. The molecule has 1 N–H and O–H groups in total. The molecule has 3 amide bonds. The van der Waals surface area contributed by atoms with Crippen molar-refractivity contribution in [2.75, 3.05) is 24.5 Å². The van der Waals surface area contributed by atoms with Crippen molar-refractivity contribution in [1.82, 2.24) is 15.2 Å². The van der Waals surface area contributed by atoms with Crippen LogP contribution < -0.4 is 10.2 Å². The highest BCUT2D eigenvalue weighted by atomic mass is 19.4. The van der Waals surface area contributed by atoms with Crippen molar-refractivity contribution in [2.45, 2.75) is 32.0 Å². The molecule has 1 aromatic carbocycles. The van der Waals surface area contributed by atoms with Crippen LogP contribution >= 0.6 is 0 Å². The number of alkyl halides is 3. The van der Waals surface area contributed by atoms with Gasteiger partial charge in [-0.05, 0) is 37.0 Å². The zero-order valence-corrected chi connectivity index (χ0v) is 17.3. The molecular formula is C22H23F3N4O3. The highest BCUT2D eigenvalue weighted by Crippen LogP contribution is 2.20. The molecular weight excluding hydrogens is 425 g/mol. The molecule has 170 valence electrons. The van der Waals surface area contributed by atoms with Crippen LogP contribution in [-0.4, -0.2) is 53.4 Å². The molecule has 0 spiro atoms. The average molecular weight is 448 g/mol. The Labute approximate surface area is 183 Å². The van der Waals surface area contributed by atoms with E-state index in [9.17, 15) is 27.6 Å². The fourth-order valence-corrected chi connectivity index (χ4v) is 3.36. The number of rotatable bonds is 6. The molecule has 1 fully saturated rings. The number of amides is 3. The maximum atomic E-state index is 13.1. The van der Waals surface area contributed by atoms with Crippen molar-refractivity contribution in [3.8, 4) is 0 Å². The monoisotopic (exact) mass is 448 g/mol. The Balaban J connectivity index is 1.69. The molecule has 0 saturated carbocycles. The maximum absolute atomic E-state index is 13.1. The summed E-state index contributed by atoms with van der Waals surface area (Å²) in [5.41, 5.74) is 0.875. The maximum Gasteiger partial charge on any atom is 0.471 e. The average Bonchev–Trinajstić information content (AvgIpc) is 2.81. The predicted molar refractivity (Wildman–Crippen MR) is 111 cm³/mol. The minimum absolute atomic E-state index is 0.154. The first-order valence-electron chi connectivity index (χ1n) is 10.2. The van der Waals surface area contributed by atoms with Crippen LogP contribution in [0.15, 0.2) is 48.7 Å². The third-order valence-electron chi connectivity index (χ3n) is 5.07. The molecule has 2 heterocycles. The Morgan fingerprint density at radius 2 is 1.69 bits per heavy atom. The van der Waals surface area contributed by atoms with Crippen molar-refractivity contribution in [3.05, 3.63) is 59.8 Å². The molecule has 2 aromatic rings. The zero-order chi connectivity index (χ0) is 23.1. The topological polar surface area (TPSA) is 82.6 Å². The third-order valence-corrected chi connectivity index (χ3v) is 5.07. The number of urea groups is 1. The number of carbonyl (C=O) groups is 3. The standard InChI is InChI=1S/C22H23F3N4O3/c23-22(24,25)20(31)27-14-18(30)17-9-7-16(8-10-17)15-29(19-6-2-3-11-26-19)21(32)28-12-4-1-5-13-28/h2-3,6-11H,1,4-5,12-15H2,(H,27,31). The molecule has 10 heteroatoms. The fourth-order valence-electron chi connectivity index (χ4n) is 3.36. The van der Waals surface area contributed by atoms with Crippen molar-refractivity contribution in [3.63, 3.8) is 0 Å². The van der Waals surface area contributed by atoms with Crippen LogP contribution in [0.3, 0.4) is 0 Å². The summed E-state index contributed by atoms with van der Waals surface area (Å²) in [7, 11) is 0.